The van der Waals surface area contributed by atoms with Gasteiger partial charge in [0, 0.05) is 16.9 Å². The van der Waals surface area contributed by atoms with Crippen molar-refractivity contribution in [1.29, 1.82) is 0 Å². The van der Waals surface area contributed by atoms with Gasteiger partial charge in [-0.15, -0.1) is 0 Å². The van der Waals surface area contributed by atoms with E-state index < -0.39 is 0 Å². The molecule has 0 saturated heterocycles. The van der Waals surface area contributed by atoms with Gasteiger partial charge in [-0.1, -0.05) is 104 Å². The molecule has 0 heterocycles. The third kappa shape index (κ3) is 5.68. The summed E-state index contributed by atoms with van der Waals surface area (Å²) in [6, 6.07) is 35.7. The molecule has 1 fully saturated rings. The normalized spacial score (nSPS) is 13.7. The zero-order valence-corrected chi connectivity index (χ0v) is 21.7. The van der Waals surface area contributed by atoms with Crippen LogP contribution in [0.25, 0.3) is 21.5 Å². The molecule has 0 unspecified atom stereocenters. The van der Waals surface area contributed by atoms with Crippen LogP contribution < -0.4 is 9.47 Å². The van der Waals surface area contributed by atoms with E-state index in [2.05, 4.69) is 72.5 Å². The second kappa shape index (κ2) is 11.4. The highest BCUT2D eigenvalue weighted by Gasteiger charge is 2.14. The van der Waals surface area contributed by atoms with Crippen LogP contribution >= 0.6 is 0 Å². The zero-order valence-electron chi connectivity index (χ0n) is 21.7. The van der Waals surface area contributed by atoms with Crippen molar-refractivity contribution >= 4 is 21.5 Å². The van der Waals surface area contributed by atoms with Gasteiger partial charge in [-0.05, 0) is 70.5 Å². The number of rotatable bonds is 6. The highest BCUT2D eigenvalue weighted by atomic mass is 16.5. The summed E-state index contributed by atoms with van der Waals surface area (Å²) in [7, 11) is 0. The first kappa shape index (κ1) is 24.1. The minimum atomic E-state index is 0.479. The van der Waals surface area contributed by atoms with Gasteiger partial charge < -0.3 is 9.47 Å². The number of benzene rings is 5. The highest BCUT2D eigenvalue weighted by molar-refractivity contribution is 6.02. The molecule has 0 radical (unpaired) electrons. The molecule has 2 heteroatoms. The molecule has 1 aliphatic carbocycles. The minimum Gasteiger partial charge on any atom is -0.485 e. The van der Waals surface area contributed by atoms with E-state index in [1.807, 2.05) is 42.5 Å². The van der Waals surface area contributed by atoms with Crippen LogP contribution in [0.2, 0.25) is 0 Å². The van der Waals surface area contributed by atoms with E-state index in [4.69, 9.17) is 9.47 Å². The SMILES string of the molecule is C(#CC1CCCCC1)c1ccc2cc3ccc(OCc4ccccc4)c(OCc4ccccc4)c3cc2c1. The standard InChI is InChI=1S/C36H32O2/c1-4-10-27(11-5-1)16-17-28-18-19-31-23-32-20-21-35(37-25-29-12-6-2-7-13-29)36(34(32)24-33(31)22-28)38-26-30-14-8-3-9-15-30/h2-3,6-9,12-15,18-24,27H,1,4-5,10-11,25-26H2. The Morgan fingerprint density at radius 1 is 0.605 bits per heavy atom. The fraction of sp³-hybridized carbons (Fsp3) is 0.222. The van der Waals surface area contributed by atoms with Crippen LogP contribution in [0.3, 0.4) is 0 Å². The lowest BCUT2D eigenvalue weighted by molar-refractivity contribution is 0.259. The minimum absolute atomic E-state index is 0.479. The Morgan fingerprint density at radius 3 is 2.03 bits per heavy atom. The highest BCUT2D eigenvalue weighted by Crippen LogP contribution is 2.39. The van der Waals surface area contributed by atoms with E-state index in [0.717, 1.165) is 44.3 Å². The first-order valence-corrected chi connectivity index (χ1v) is 13.7. The third-order valence-electron chi connectivity index (χ3n) is 7.38. The van der Waals surface area contributed by atoms with Crippen LogP contribution in [0.15, 0.2) is 103 Å². The van der Waals surface area contributed by atoms with Crippen LogP contribution in [0, 0.1) is 17.8 Å². The lowest BCUT2D eigenvalue weighted by Gasteiger charge is -2.16. The molecular formula is C36H32O2. The Labute approximate surface area is 225 Å². The molecular weight excluding hydrogens is 464 g/mol. The van der Waals surface area contributed by atoms with E-state index in [0.29, 0.717) is 19.1 Å². The average molecular weight is 497 g/mol. The summed E-state index contributed by atoms with van der Waals surface area (Å²) in [6.45, 7) is 0.967. The molecule has 0 amide bonds. The third-order valence-corrected chi connectivity index (χ3v) is 7.38. The number of fused-ring (bicyclic) bond motifs is 2. The van der Waals surface area contributed by atoms with E-state index in [9.17, 15) is 0 Å². The second-order valence-electron chi connectivity index (χ2n) is 10.2. The number of hydrogen-bond acceptors (Lipinski definition) is 2. The van der Waals surface area contributed by atoms with Crippen LogP contribution in [-0.4, -0.2) is 0 Å². The Kier molecular flexibility index (Phi) is 7.27. The van der Waals surface area contributed by atoms with Crippen LogP contribution in [-0.2, 0) is 13.2 Å². The van der Waals surface area contributed by atoms with Crippen LogP contribution in [0.4, 0.5) is 0 Å². The average Bonchev–Trinajstić information content (AvgIpc) is 2.98. The Hall–Kier alpha value is -4.22. The smallest absolute Gasteiger partial charge is 0.169 e. The van der Waals surface area contributed by atoms with E-state index >= 15 is 0 Å². The first-order chi connectivity index (χ1) is 18.8. The lowest BCUT2D eigenvalue weighted by atomic mass is 9.89. The molecule has 0 N–H and O–H groups in total. The monoisotopic (exact) mass is 496 g/mol. The topological polar surface area (TPSA) is 18.5 Å². The Bertz CT molecular complexity index is 1590. The van der Waals surface area contributed by atoms with E-state index in [1.54, 1.807) is 0 Å². The molecule has 0 atom stereocenters. The van der Waals surface area contributed by atoms with Gasteiger partial charge in [0.25, 0.3) is 0 Å². The van der Waals surface area contributed by atoms with Gasteiger partial charge in [-0.25, -0.2) is 0 Å². The van der Waals surface area contributed by atoms with Crippen molar-refractivity contribution in [2.24, 2.45) is 5.92 Å². The van der Waals surface area contributed by atoms with Gasteiger partial charge in [0.05, 0.1) is 0 Å². The zero-order chi connectivity index (χ0) is 25.6. The largest absolute Gasteiger partial charge is 0.485 e. The van der Waals surface area contributed by atoms with Gasteiger partial charge in [-0.2, -0.15) is 0 Å². The van der Waals surface area contributed by atoms with Gasteiger partial charge in [-0.3, -0.25) is 0 Å². The lowest BCUT2D eigenvalue weighted by Crippen LogP contribution is -2.03. The molecule has 0 aromatic heterocycles. The quantitative estimate of drug-likeness (QED) is 0.172. The van der Waals surface area contributed by atoms with E-state index in [-0.39, 0.29) is 0 Å². The number of hydrogen-bond donors (Lipinski definition) is 0. The van der Waals surface area contributed by atoms with Gasteiger partial charge in [0.2, 0.25) is 0 Å². The maximum absolute atomic E-state index is 6.48. The van der Waals surface area contributed by atoms with Gasteiger partial charge in [0.1, 0.15) is 13.2 Å². The summed E-state index contributed by atoms with van der Waals surface area (Å²) in [5.41, 5.74) is 3.33. The summed E-state index contributed by atoms with van der Waals surface area (Å²) < 4.78 is 12.8. The molecule has 5 aromatic carbocycles. The fourth-order valence-corrected chi connectivity index (χ4v) is 5.26. The molecule has 2 nitrogen and oxygen atoms in total. The van der Waals surface area contributed by atoms with Crippen LogP contribution in [0.1, 0.15) is 48.8 Å². The summed E-state index contributed by atoms with van der Waals surface area (Å²) in [5.74, 6) is 9.07. The van der Waals surface area contributed by atoms with Gasteiger partial charge in [0.15, 0.2) is 11.5 Å². The van der Waals surface area contributed by atoms with Gasteiger partial charge >= 0.3 is 0 Å². The molecule has 0 aliphatic heterocycles. The summed E-state index contributed by atoms with van der Waals surface area (Å²) in [6.07, 6.45) is 6.44. The van der Waals surface area contributed by atoms with Crippen molar-refractivity contribution in [3.8, 4) is 23.3 Å². The van der Waals surface area contributed by atoms with Crippen molar-refractivity contribution in [2.45, 2.75) is 45.3 Å². The van der Waals surface area contributed by atoms with Crippen molar-refractivity contribution in [1.82, 2.24) is 0 Å². The van der Waals surface area contributed by atoms with Crippen molar-refractivity contribution in [3.05, 3.63) is 120 Å². The summed E-state index contributed by atoms with van der Waals surface area (Å²) in [4.78, 5) is 0. The molecule has 6 rings (SSSR count). The molecule has 1 aliphatic rings. The fourth-order valence-electron chi connectivity index (χ4n) is 5.26. The molecule has 0 spiro atoms. The molecule has 188 valence electrons. The molecule has 38 heavy (non-hydrogen) atoms. The maximum Gasteiger partial charge on any atom is 0.169 e. The van der Waals surface area contributed by atoms with Crippen molar-refractivity contribution in [3.63, 3.8) is 0 Å². The van der Waals surface area contributed by atoms with E-state index in [1.165, 1.54) is 37.5 Å². The molecule has 1 saturated carbocycles. The summed E-state index contributed by atoms with van der Waals surface area (Å²) in [5, 5.41) is 4.55. The second-order valence-corrected chi connectivity index (χ2v) is 10.2. The Morgan fingerprint density at radius 2 is 1.29 bits per heavy atom. The van der Waals surface area contributed by atoms with Crippen molar-refractivity contribution < 1.29 is 9.47 Å². The number of ether oxygens (including phenoxy) is 2. The van der Waals surface area contributed by atoms with Crippen molar-refractivity contribution in [2.75, 3.05) is 0 Å². The summed E-state index contributed by atoms with van der Waals surface area (Å²) >= 11 is 0. The predicted octanol–water partition coefficient (Wildman–Crippen LogP) is 9.08. The first-order valence-electron chi connectivity index (χ1n) is 13.7. The predicted molar refractivity (Wildman–Crippen MR) is 156 cm³/mol. The molecule has 0 bridgehead atoms. The maximum atomic E-state index is 6.48. The molecule has 5 aromatic rings. The van der Waals surface area contributed by atoms with Crippen LogP contribution in [0.5, 0.6) is 11.5 Å². The Balaban J connectivity index is 1.36.